The Bertz CT molecular complexity index is 497. The number of nitrogens with zero attached hydrogens (tertiary/aromatic N) is 1. The van der Waals surface area contributed by atoms with Gasteiger partial charge >= 0.3 is 0 Å². The molecule has 110 valence electrons. The Morgan fingerprint density at radius 1 is 1.40 bits per heavy atom. The molecule has 2 N–H and O–H groups in total. The smallest absolute Gasteiger partial charge is 0.227 e. The maximum absolute atomic E-state index is 12.1. The normalized spacial score (nSPS) is 17.0. The van der Waals surface area contributed by atoms with Gasteiger partial charge in [0, 0.05) is 19.1 Å². The Morgan fingerprint density at radius 2 is 2.05 bits per heavy atom. The molecule has 1 aliphatic rings. The average molecular weight is 297 g/mol. The number of halogens is 1. The zero-order valence-electron chi connectivity index (χ0n) is 11.9. The van der Waals surface area contributed by atoms with Crippen LogP contribution in [0.4, 0.5) is 11.4 Å². The van der Waals surface area contributed by atoms with Crippen LogP contribution >= 0.6 is 11.6 Å². The lowest BCUT2D eigenvalue weighted by atomic mass is 9.97. The number of carbonyl (C=O) groups excluding carboxylic acids is 1. The number of nitrogens with one attached hydrogen (secondary N) is 1. The first kappa shape index (κ1) is 15.1. The van der Waals surface area contributed by atoms with Crippen molar-refractivity contribution in [2.75, 3.05) is 24.3 Å². The van der Waals surface area contributed by atoms with E-state index in [9.17, 15) is 9.90 Å². The molecule has 1 amide bonds. The second-order valence-electron chi connectivity index (χ2n) is 5.71. The highest BCUT2D eigenvalue weighted by atomic mass is 35.5. The third-order valence-corrected chi connectivity index (χ3v) is 3.97. The van der Waals surface area contributed by atoms with Crippen LogP contribution in [0.1, 0.15) is 32.1 Å². The summed E-state index contributed by atoms with van der Waals surface area (Å²) >= 11 is 5.98. The van der Waals surface area contributed by atoms with E-state index in [0.717, 1.165) is 18.5 Å². The van der Waals surface area contributed by atoms with Crippen molar-refractivity contribution in [3.8, 4) is 0 Å². The lowest BCUT2D eigenvalue weighted by molar-refractivity contribution is -0.120. The van der Waals surface area contributed by atoms with Gasteiger partial charge in [-0.3, -0.25) is 4.79 Å². The van der Waals surface area contributed by atoms with Gasteiger partial charge in [-0.15, -0.1) is 0 Å². The molecule has 0 bridgehead atoms. The van der Waals surface area contributed by atoms with Gasteiger partial charge in [0.05, 0.1) is 23.4 Å². The van der Waals surface area contributed by atoms with Crippen molar-refractivity contribution < 1.29 is 9.90 Å². The summed E-state index contributed by atoms with van der Waals surface area (Å²) in [5, 5.41) is 13.7. The van der Waals surface area contributed by atoms with Gasteiger partial charge in [0.1, 0.15) is 0 Å². The summed E-state index contributed by atoms with van der Waals surface area (Å²) in [6, 6.07) is 5.38. The monoisotopic (exact) mass is 296 g/mol. The van der Waals surface area contributed by atoms with Crippen LogP contribution in [0.3, 0.4) is 0 Å². The van der Waals surface area contributed by atoms with Crippen LogP contribution < -0.4 is 10.2 Å². The van der Waals surface area contributed by atoms with Crippen LogP contribution in [-0.2, 0) is 4.79 Å². The molecule has 0 heterocycles. The molecule has 2 rings (SSSR count). The van der Waals surface area contributed by atoms with E-state index in [1.807, 2.05) is 25.1 Å². The Morgan fingerprint density at radius 3 is 2.65 bits per heavy atom. The summed E-state index contributed by atoms with van der Waals surface area (Å²) in [7, 11) is 3.81. The molecule has 0 aliphatic heterocycles. The number of hydrogen-bond acceptors (Lipinski definition) is 3. The first-order chi connectivity index (χ1) is 9.39. The Labute approximate surface area is 124 Å². The third kappa shape index (κ3) is 3.64. The van der Waals surface area contributed by atoms with E-state index in [1.165, 1.54) is 0 Å². The van der Waals surface area contributed by atoms with Crippen molar-refractivity contribution in [3.05, 3.63) is 23.2 Å². The minimum Gasteiger partial charge on any atom is -0.389 e. The molecule has 1 aromatic rings. The first-order valence-corrected chi connectivity index (χ1v) is 7.26. The molecule has 0 unspecified atom stereocenters. The summed E-state index contributed by atoms with van der Waals surface area (Å²) in [5.41, 5.74) is 0.733. The molecule has 1 aliphatic carbocycles. The minimum absolute atomic E-state index is 0.145. The molecule has 20 heavy (non-hydrogen) atoms. The van der Waals surface area contributed by atoms with Crippen molar-refractivity contribution >= 4 is 28.9 Å². The van der Waals surface area contributed by atoms with E-state index in [-0.39, 0.29) is 12.3 Å². The van der Waals surface area contributed by atoms with Crippen molar-refractivity contribution in [2.45, 2.75) is 37.7 Å². The van der Waals surface area contributed by atoms with Gasteiger partial charge in [-0.2, -0.15) is 0 Å². The van der Waals surface area contributed by atoms with Gasteiger partial charge in [-0.25, -0.2) is 0 Å². The van der Waals surface area contributed by atoms with E-state index in [1.54, 1.807) is 12.1 Å². The second kappa shape index (κ2) is 6.02. The maximum atomic E-state index is 12.1. The average Bonchev–Trinajstić information content (AvgIpc) is 2.74. The number of rotatable bonds is 4. The van der Waals surface area contributed by atoms with Gasteiger partial charge in [0.25, 0.3) is 0 Å². The molecule has 0 radical (unpaired) electrons. The number of aliphatic hydroxyl groups is 1. The second-order valence-corrected chi connectivity index (χ2v) is 6.15. The van der Waals surface area contributed by atoms with E-state index >= 15 is 0 Å². The molecule has 0 spiro atoms. The largest absolute Gasteiger partial charge is 0.389 e. The van der Waals surface area contributed by atoms with Crippen molar-refractivity contribution in [1.29, 1.82) is 0 Å². The lowest BCUT2D eigenvalue weighted by Crippen LogP contribution is -2.31. The zero-order valence-corrected chi connectivity index (χ0v) is 12.7. The minimum atomic E-state index is -0.832. The summed E-state index contributed by atoms with van der Waals surface area (Å²) in [4.78, 5) is 14.0. The van der Waals surface area contributed by atoms with Crippen LogP contribution in [-0.4, -0.2) is 30.7 Å². The predicted molar refractivity (Wildman–Crippen MR) is 82.4 cm³/mol. The van der Waals surface area contributed by atoms with Gasteiger partial charge < -0.3 is 15.3 Å². The van der Waals surface area contributed by atoms with Crippen LogP contribution in [0.15, 0.2) is 18.2 Å². The molecule has 0 saturated heterocycles. The third-order valence-electron chi connectivity index (χ3n) is 3.74. The Hall–Kier alpha value is -1.26. The van der Waals surface area contributed by atoms with Crippen LogP contribution in [0.25, 0.3) is 0 Å². The topological polar surface area (TPSA) is 52.6 Å². The number of benzene rings is 1. The molecule has 1 fully saturated rings. The number of anilines is 2. The molecule has 1 aromatic carbocycles. The van der Waals surface area contributed by atoms with E-state index in [4.69, 9.17) is 11.6 Å². The van der Waals surface area contributed by atoms with Gasteiger partial charge in [-0.05, 0) is 31.0 Å². The number of hydrogen-bond donors (Lipinski definition) is 2. The Kier molecular flexibility index (Phi) is 4.55. The van der Waals surface area contributed by atoms with Crippen LogP contribution in [0.2, 0.25) is 5.02 Å². The highest BCUT2D eigenvalue weighted by Crippen LogP contribution is 2.33. The SMILES string of the molecule is CN(C)c1ccc(Cl)cc1NC(=O)CC1(O)CCCC1. The number of amides is 1. The fourth-order valence-electron chi connectivity index (χ4n) is 2.70. The van der Waals surface area contributed by atoms with Crippen molar-refractivity contribution in [3.63, 3.8) is 0 Å². The predicted octanol–water partition coefficient (Wildman–Crippen LogP) is 3.04. The molecule has 1 saturated carbocycles. The highest BCUT2D eigenvalue weighted by molar-refractivity contribution is 6.31. The summed E-state index contributed by atoms with van der Waals surface area (Å²) in [5.74, 6) is -0.167. The molecular weight excluding hydrogens is 276 g/mol. The summed E-state index contributed by atoms with van der Waals surface area (Å²) < 4.78 is 0. The van der Waals surface area contributed by atoms with Crippen molar-refractivity contribution in [1.82, 2.24) is 0 Å². The van der Waals surface area contributed by atoms with Gasteiger partial charge in [-0.1, -0.05) is 24.4 Å². The summed E-state index contributed by atoms with van der Waals surface area (Å²) in [6.07, 6.45) is 3.53. The molecule has 4 nitrogen and oxygen atoms in total. The highest BCUT2D eigenvalue weighted by Gasteiger charge is 2.33. The van der Waals surface area contributed by atoms with Crippen LogP contribution in [0.5, 0.6) is 0 Å². The van der Waals surface area contributed by atoms with E-state index in [0.29, 0.717) is 23.6 Å². The quantitative estimate of drug-likeness (QED) is 0.898. The van der Waals surface area contributed by atoms with Gasteiger partial charge in [0.15, 0.2) is 0 Å². The first-order valence-electron chi connectivity index (χ1n) is 6.89. The van der Waals surface area contributed by atoms with Crippen molar-refractivity contribution in [2.24, 2.45) is 0 Å². The molecular formula is C15H21ClN2O2. The molecule has 0 atom stereocenters. The number of carbonyl (C=O) groups is 1. The fraction of sp³-hybridized carbons (Fsp3) is 0.533. The van der Waals surface area contributed by atoms with Gasteiger partial charge in [0.2, 0.25) is 5.91 Å². The van der Waals surface area contributed by atoms with E-state index < -0.39 is 5.60 Å². The Balaban J connectivity index is 2.09. The lowest BCUT2D eigenvalue weighted by Gasteiger charge is -2.23. The molecule has 0 aromatic heterocycles. The zero-order chi connectivity index (χ0) is 14.8. The van der Waals surface area contributed by atoms with E-state index in [2.05, 4.69) is 5.32 Å². The summed E-state index contributed by atoms with van der Waals surface area (Å²) in [6.45, 7) is 0. The molecule has 5 heteroatoms. The van der Waals surface area contributed by atoms with Crippen LogP contribution in [0, 0.1) is 0 Å². The standard InChI is InChI=1S/C15H21ClN2O2/c1-18(2)13-6-5-11(16)9-12(13)17-14(19)10-15(20)7-3-4-8-15/h5-6,9,20H,3-4,7-8,10H2,1-2H3,(H,17,19). The maximum Gasteiger partial charge on any atom is 0.227 e. The fourth-order valence-corrected chi connectivity index (χ4v) is 2.87.